The summed E-state index contributed by atoms with van der Waals surface area (Å²) in [6.45, 7) is 21.1. The number of benzene rings is 1. The molecule has 2 aliphatic carbocycles. The second kappa shape index (κ2) is 21.5. The van der Waals surface area contributed by atoms with Crippen molar-refractivity contribution in [3.63, 3.8) is 0 Å². The van der Waals surface area contributed by atoms with Crippen molar-refractivity contribution in [3.05, 3.63) is 58.2 Å². The summed E-state index contributed by atoms with van der Waals surface area (Å²) in [4.78, 5) is 40.4. The fourth-order valence-electron chi connectivity index (χ4n) is 13.4. The molecular formula is C54H81N5O13. The maximum absolute atomic E-state index is 12.8. The van der Waals surface area contributed by atoms with Crippen LogP contribution in [0.5, 0.6) is 5.75 Å². The Labute approximate surface area is 425 Å². The van der Waals surface area contributed by atoms with Crippen LogP contribution in [0.2, 0.25) is 0 Å². The predicted octanol–water partition coefficient (Wildman–Crippen LogP) is 6.97. The Hall–Kier alpha value is -3.72. The molecule has 1 aromatic carbocycles. The highest BCUT2D eigenvalue weighted by atomic mass is 16.7. The van der Waals surface area contributed by atoms with Gasteiger partial charge in [0.15, 0.2) is 0 Å². The van der Waals surface area contributed by atoms with Gasteiger partial charge in [-0.2, -0.15) is 0 Å². The molecule has 0 aromatic heterocycles. The molecule has 4 bridgehead atoms. The Bertz CT molecular complexity index is 2130. The van der Waals surface area contributed by atoms with E-state index in [1.807, 2.05) is 0 Å². The number of ether oxygens (including phenoxy) is 9. The van der Waals surface area contributed by atoms with Crippen LogP contribution in [-0.2, 0) is 37.9 Å². The van der Waals surface area contributed by atoms with E-state index in [9.17, 15) is 19.7 Å². The van der Waals surface area contributed by atoms with Crippen LogP contribution >= 0.6 is 0 Å². The first kappa shape index (κ1) is 53.1. The van der Waals surface area contributed by atoms with E-state index in [1.165, 1.54) is 68.6 Å². The van der Waals surface area contributed by atoms with Gasteiger partial charge in [-0.3, -0.25) is 10.1 Å². The summed E-state index contributed by atoms with van der Waals surface area (Å²) in [5.74, 6) is 1.98. The number of fused-ring (bicyclic) bond motifs is 6. The highest BCUT2D eigenvalue weighted by molar-refractivity contribution is 5.68. The fourth-order valence-corrected chi connectivity index (χ4v) is 13.4. The molecule has 13 rings (SSSR count). The van der Waals surface area contributed by atoms with E-state index >= 15 is 0 Å². The normalized spacial score (nSPS) is 42.6. The molecule has 2 spiro atoms. The summed E-state index contributed by atoms with van der Waals surface area (Å²) in [7, 11) is 3.32. The number of hydrogen-bond acceptors (Lipinski definition) is 16. The molecule has 10 saturated heterocycles. The van der Waals surface area contributed by atoms with Gasteiger partial charge >= 0.3 is 12.2 Å². The van der Waals surface area contributed by atoms with Gasteiger partial charge in [0, 0.05) is 51.5 Å². The molecule has 2 saturated carbocycles. The van der Waals surface area contributed by atoms with Gasteiger partial charge in [-0.05, 0) is 142 Å². The van der Waals surface area contributed by atoms with Gasteiger partial charge in [0.05, 0.1) is 36.1 Å². The molecule has 10 aliphatic heterocycles. The summed E-state index contributed by atoms with van der Waals surface area (Å²) < 4.78 is 52.9. The lowest BCUT2D eigenvalue weighted by Gasteiger charge is -2.45. The van der Waals surface area contributed by atoms with E-state index in [1.54, 1.807) is 14.2 Å². The quantitative estimate of drug-likeness (QED) is 0.0509. The number of rotatable bonds is 13. The Kier molecular flexibility index (Phi) is 15.9. The summed E-state index contributed by atoms with van der Waals surface area (Å²) >= 11 is 0. The molecule has 0 radical (unpaired) electrons. The van der Waals surface area contributed by atoms with Crippen LogP contribution in [-0.4, -0.2) is 165 Å². The SMILES string of the molecule is CO[C@H]1C([C@]2(C)O[C@@H]2/C=C/C(C)C)[C@]2(CC[C@H]1OC(=O)Oc1ccc([N+](=O)[O-])cc1)CO2.CO[C@H]1C([C@]2(C)O[C@@H]2CC=C(C)C)[C@]2(CC[C@H]1OC(=O)NC1CN3CCC1CC3)CO2.NC1CN2CCC1CC2. The number of hydrogen-bond donors (Lipinski definition) is 2. The third kappa shape index (κ3) is 11.6. The smallest absolute Gasteiger partial charge is 0.443 e. The number of nitro benzene ring substituents is 1. The number of allylic oxidation sites excluding steroid dienone is 2. The van der Waals surface area contributed by atoms with Crippen molar-refractivity contribution in [1.29, 1.82) is 0 Å². The first-order chi connectivity index (χ1) is 34.4. The number of nitrogens with two attached hydrogens (primary N) is 1. The first-order valence-corrected chi connectivity index (χ1v) is 26.7. The number of epoxide rings is 4. The molecule has 18 nitrogen and oxygen atoms in total. The van der Waals surface area contributed by atoms with Crippen molar-refractivity contribution in [2.75, 3.05) is 66.7 Å². The van der Waals surface area contributed by atoms with Gasteiger partial charge in [-0.1, -0.05) is 37.6 Å². The zero-order chi connectivity index (χ0) is 51.2. The molecule has 400 valence electrons. The van der Waals surface area contributed by atoms with Crippen LogP contribution in [0.25, 0.3) is 0 Å². The average Bonchev–Trinajstić information content (AvgIpc) is 4.25. The lowest BCUT2D eigenvalue weighted by Crippen LogP contribution is -2.59. The minimum absolute atomic E-state index is 0.0422. The highest BCUT2D eigenvalue weighted by Crippen LogP contribution is 2.61. The van der Waals surface area contributed by atoms with E-state index in [0.717, 1.165) is 64.4 Å². The number of non-ortho nitro benzene ring substituents is 1. The molecule has 1 aromatic rings. The number of nitro groups is 1. The van der Waals surface area contributed by atoms with Crippen molar-refractivity contribution in [2.45, 2.75) is 170 Å². The van der Waals surface area contributed by atoms with Gasteiger partial charge < -0.3 is 63.5 Å². The summed E-state index contributed by atoms with van der Waals surface area (Å²) in [5.41, 5.74) is 5.80. The average molecular weight is 1010 g/mol. The van der Waals surface area contributed by atoms with E-state index in [4.69, 9.17) is 48.4 Å². The second-order valence-corrected chi connectivity index (χ2v) is 23.2. The van der Waals surface area contributed by atoms with Crippen molar-refractivity contribution >= 4 is 17.9 Å². The van der Waals surface area contributed by atoms with E-state index in [0.29, 0.717) is 30.9 Å². The summed E-state index contributed by atoms with van der Waals surface area (Å²) in [6.07, 6.45) is 12.8. The number of nitrogens with one attached hydrogen (secondary N) is 1. The van der Waals surface area contributed by atoms with Crippen LogP contribution in [0.15, 0.2) is 48.1 Å². The molecule has 1 amide bonds. The monoisotopic (exact) mass is 1010 g/mol. The maximum Gasteiger partial charge on any atom is 0.514 e. The summed E-state index contributed by atoms with van der Waals surface area (Å²) in [6, 6.07) is 5.94. The van der Waals surface area contributed by atoms with Gasteiger partial charge in [-0.15, -0.1) is 0 Å². The second-order valence-electron chi connectivity index (χ2n) is 23.2. The molecule has 14 atom stereocenters. The largest absolute Gasteiger partial charge is 0.514 e. The minimum atomic E-state index is -0.879. The standard InChI is InChI=1S/C24H38N2O5.C23H29NO8.C7H14N2/c1-15(2)5-6-19-23(3,31-19)21-20(28-4)18(7-10-24(21)14-29-24)30-22(27)25-17-13-26-11-8-16(17)9-12-26;1-14(2)5-10-18-22(3,32-18)20-19(28-4)17(11-12-23(20)13-29-23)31-21(25)30-16-8-6-15(7-9-16)24(26)27;8-7-5-9-3-1-6(7)2-4-9/h5,16-21H,6-14H2,1-4H3,(H,25,27);5-10,14,17-20H,11-13H2,1-4H3;6-7H,1-5,8H2/b;10-5+;/t17?,18-,19-,20-,21?,23-,24+;17-,18-,19-,20?,22-,23+;/m11./s1. The third-order valence-corrected chi connectivity index (χ3v) is 17.7. The van der Waals surface area contributed by atoms with Crippen molar-refractivity contribution in [2.24, 2.45) is 35.3 Å². The number of methoxy groups -OCH3 is 2. The molecule has 3 N–H and O–H groups in total. The van der Waals surface area contributed by atoms with Crippen LogP contribution in [0.1, 0.15) is 99.3 Å². The Morgan fingerprint density at radius 1 is 0.833 bits per heavy atom. The molecule has 4 unspecified atom stereocenters. The van der Waals surface area contributed by atoms with Gasteiger partial charge in [-0.25, -0.2) is 9.59 Å². The topological polar surface area (TPSA) is 218 Å². The van der Waals surface area contributed by atoms with Crippen LogP contribution < -0.4 is 15.8 Å². The molecule has 18 heteroatoms. The fraction of sp³-hybridized carbons (Fsp3) is 0.778. The predicted molar refractivity (Wildman–Crippen MR) is 266 cm³/mol. The molecule has 12 aliphatic rings. The number of amides is 1. The lowest BCUT2D eigenvalue weighted by molar-refractivity contribution is -0.384. The molecule has 12 fully saturated rings. The Balaban J connectivity index is 0.000000151. The van der Waals surface area contributed by atoms with E-state index in [-0.39, 0.29) is 76.6 Å². The van der Waals surface area contributed by atoms with Crippen molar-refractivity contribution in [3.8, 4) is 5.75 Å². The molecule has 72 heavy (non-hydrogen) atoms. The zero-order valence-electron chi connectivity index (χ0n) is 43.8. The van der Waals surface area contributed by atoms with E-state index in [2.05, 4.69) is 74.9 Å². The zero-order valence-corrected chi connectivity index (χ0v) is 43.8. The maximum atomic E-state index is 12.8. The van der Waals surface area contributed by atoms with Crippen LogP contribution in [0, 0.1) is 39.7 Å². The number of piperidine rings is 6. The van der Waals surface area contributed by atoms with Gasteiger partial charge in [0.2, 0.25) is 0 Å². The van der Waals surface area contributed by atoms with Crippen molar-refractivity contribution in [1.82, 2.24) is 15.1 Å². The minimum Gasteiger partial charge on any atom is -0.443 e. The van der Waals surface area contributed by atoms with Crippen LogP contribution in [0.3, 0.4) is 0 Å². The van der Waals surface area contributed by atoms with Crippen molar-refractivity contribution < 1.29 is 57.1 Å². The molecule has 10 heterocycles. The highest BCUT2D eigenvalue weighted by Gasteiger charge is 2.73. The number of carbonyl (C=O) groups is 2. The lowest BCUT2D eigenvalue weighted by atomic mass is 9.68. The number of nitrogens with zero attached hydrogens (tertiary/aromatic N) is 3. The molecular weight excluding hydrogens is 927 g/mol. The van der Waals surface area contributed by atoms with Gasteiger partial charge in [0.25, 0.3) is 5.69 Å². The third-order valence-electron chi connectivity index (χ3n) is 17.7. The Morgan fingerprint density at radius 2 is 1.39 bits per heavy atom. The van der Waals surface area contributed by atoms with Gasteiger partial charge in [0.1, 0.15) is 58.7 Å². The Morgan fingerprint density at radius 3 is 1.85 bits per heavy atom. The van der Waals surface area contributed by atoms with E-state index < -0.39 is 28.9 Å². The number of alkyl carbamates (subject to hydrolysis) is 1. The van der Waals surface area contributed by atoms with Crippen LogP contribution in [0.4, 0.5) is 15.3 Å². The number of carbonyl (C=O) groups excluding carboxylic acids is 2. The summed E-state index contributed by atoms with van der Waals surface area (Å²) in [5, 5.41) is 13.9. The first-order valence-electron chi connectivity index (χ1n) is 26.7.